The number of tetrazole rings is 1. The van der Waals surface area contributed by atoms with Gasteiger partial charge in [-0.15, -0.1) is 5.10 Å². The highest BCUT2D eigenvalue weighted by atomic mass is 32.2. The Hall–Kier alpha value is -3.20. The van der Waals surface area contributed by atoms with Crippen LogP contribution in [0, 0.1) is 20.8 Å². The SMILES string of the molecule is CCCCc1ccc(-n2nnnc2SCC(=O)NCC(=O)Nc2c(C)cc(C)cc2C)cc1. The van der Waals surface area contributed by atoms with Gasteiger partial charge in [0.05, 0.1) is 18.0 Å². The maximum absolute atomic E-state index is 12.3. The lowest BCUT2D eigenvalue weighted by molar-refractivity contribution is -0.122. The number of hydrogen-bond acceptors (Lipinski definition) is 6. The molecular formula is C24H30N6O2S. The highest BCUT2D eigenvalue weighted by Gasteiger charge is 2.13. The number of aryl methyl sites for hydroxylation is 4. The van der Waals surface area contributed by atoms with E-state index in [-0.39, 0.29) is 24.1 Å². The van der Waals surface area contributed by atoms with Gasteiger partial charge in [0, 0.05) is 5.69 Å². The van der Waals surface area contributed by atoms with Gasteiger partial charge in [0.25, 0.3) is 0 Å². The summed E-state index contributed by atoms with van der Waals surface area (Å²) in [6, 6.07) is 12.1. The molecule has 0 aliphatic rings. The maximum Gasteiger partial charge on any atom is 0.243 e. The van der Waals surface area contributed by atoms with Crippen molar-refractivity contribution in [2.24, 2.45) is 0 Å². The summed E-state index contributed by atoms with van der Waals surface area (Å²) in [4.78, 5) is 24.6. The Morgan fingerprint density at radius 2 is 1.73 bits per heavy atom. The van der Waals surface area contributed by atoms with E-state index in [4.69, 9.17) is 0 Å². The van der Waals surface area contributed by atoms with E-state index in [1.165, 1.54) is 17.3 Å². The van der Waals surface area contributed by atoms with Gasteiger partial charge in [0.1, 0.15) is 0 Å². The summed E-state index contributed by atoms with van der Waals surface area (Å²) in [7, 11) is 0. The molecule has 0 saturated heterocycles. The normalized spacial score (nSPS) is 10.8. The van der Waals surface area contributed by atoms with Gasteiger partial charge in [-0.3, -0.25) is 9.59 Å². The predicted molar refractivity (Wildman–Crippen MR) is 131 cm³/mol. The first-order valence-corrected chi connectivity index (χ1v) is 12.0. The number of nitrogens with one attached hydrogen (secondary N) is 2. The molecule has 8 nitrogen and oxygen atoms in total. The Bertz CT molecular complexity index is 1090. The van der Waals surface area contributed by atoms with Crippen LogP contribution in [-0.4, -0.2) is 44.3 Å². The molecular weight excluding hydrogens is 436 g/mol. The quantitative estimate of drug-likeness (QED) is 0.441. The predicted octanol–water partition coefficient (Wildman–Crippen LogP) is 3.78. The molecule has 3 rings (SSSR count). The van der Waals surface area contributed by atoms with Crippen molar-refractivity contribution in [3.63, 3.8) is 0 Å². The van der Waals surface area contributed by atoms with Gasteiger partial charge >= 0.3 is 0 Å². The number of thioether (sulfide) groups is 1. The molecule has 0 aliphatic carbocycles. The molecule has 2 aromatic carbocycles. The van der Waals surface area contributed by atoms with Gasteiger partial charge < -0.3 is 10.6 Å². The zero-order chi connectivity index (χ0) is 23.8. The van der Waals surface area contributed by atoms with Crippen LogP contribution in [0.2, 0.25) is 0 Å². The van der Waals surface area contributed by atoms with E-state index in [2.05, 4.69) is 45.2 Å². The Morgan fingerprint density at radius 1 is 1.03 bits per heavy atom. The molecule has 33 heavy (non-hydrogen) atoms. The summed E-state index contributed by atoms with van der Waals surface area (Å²) in [5.74, 6) is -0.432. The smallest absolute Gasteiger partial charge is 0.243 e. The number of unbranched alkanes of at least 4 members (excludes halogenated alkanes) is 1. The number of amides is 2. The lowest BCUT2D eigenvalue weighted by atomic mass is 10.1. The molecule has 174 valence electrons. The highest BCUT2D eigenvalue weighted by Crippen LogP contribution is 2.22. The topological polar surface area (TPSA) is 102 Å². The van der Waals surface area contributed by atoms with Crippen molar-refractivity contribution < 1.29 is 9.59 Å². The van der Waals surface area contributed by atoms with Gasteiger partial charge in [-0.25, -0.2) is 0 Å². The minimum Gasteiger partial charge on any atom is -0.346 e. The summed E-state index contributed by atoms with van der Waals surface area (Å²) in [6.07, 6.45) is 3.36. The van der Waals surface area contributed by atoms with Crippen LogP contribution in [-0.2, 0) is 16.0 Å². The number of rotatable bonds is 10. The first-order chi connectivity index (χ1) is 15.9. The van der Waals surface area contributed by atoms with Gasteiger partial charge in [0.15, 0.2) is 0 Å². The Morgan fingerprint density at radius 3 is 2.39 bits per heavy atom. The van der Waals surface area contributed by atoms with Crippen molar-refractivity contribution in [1.29, 1.82) is 0 Å². The first-order valence-electron chi connectivity index (χ1n) is 11.0. The molecule has 2 amide bonds. The molecule has 1 heterocycles. The third kappa shape index (κ3) is 6.89. The maximum atomic E-state index is 12.3. The molecule has 0 aliphatic heterocycles. The van der Waals surface area contributed by atoms with Gasteiger partial charge in [-0.2, -0.15) is 4.68 Å². The number of benzene rings is 2. The number of nitrogens with zero attached hydrogens (tertiary/aromatic N) is 4. The molecule has 0 fully saturated rings. The lowest BCUT2D eigenvalue weighted by Gasteiger charge is -2.13. The fourth-order valence-electron chi connectivity index (χ4n) is 3.54. The molecule has 1 aromatic heterocycles. The number of carbonyl (C=O) groups is 2. The number of anilines is 1. The molecule has 3 aromatic rings. The van der Waals surface area contributed by atoms with Crippen LogP contribution >= 0.6 is 11.8 Å². The van der Waals surface area contributed by atoms with Gasteiger partial charge in [-0.05, 0) is 72.9 Å². The summed E-state index contributed by atoms with van der Waals surface area (Å²) < 4.78 is 1.61. The molecule has 2 N–H and O–H groups in total. The number of carbonyl (C=O) groups excluding carboxylic acids is 2. The molecule has 0 bridgehead atoms. The molecule has 9 heteroatoms. The van der Waals surface area contributed by atoms with E-state index in [1.54, 1.807) is 4.68 Å². The molecule has 0 radical (unpaired) electrons. The van der Waals surface area contributed by atoms with E-state index < -0.39 is 0 Å². The van der Waals surface area contributed by atoms with Crippen LogP contribution < -0.4 is 10.6 Å². The largest absolute Gasteiger partial charge is 0.346 e. The van der Waals surface area contributed by atoms with E-state index >= 15 is 0 Å². The minimum atomic E-state index is -0.267. The van der Waals surface area contributed by atoms with E-state index in [0.29, 0.717) is 5.16 Å². The summed E-state index contributed by atoms with van der Waals surface area (Å²) >= 11 is 1.22. The lowest BCUT2D eigenvalue weighted by Crippen LogP contribution is -2.34. The van der Waals surface area contributed by atoms with Crippen LogP contribution in [0.25, 0.3) is 5.69 Å². The van der Waals surface area contributed by atoms with Crippen molar-refractivity contribution in [3.8, 4) is 5.69 Å². The number of hydrogen-bond donors (Lipinski definition) is 2. The summed E-state index contributed by atoms with van der Waals surface area (Å²) in [5, 5.41) is 17.8. The summed E-state index contributed by atoms with van der Waals surface area (Å²) in [6.45, 7) is 7.99. The monoisotopic (exact) mass is 466 g/mol. The molecule has 0 spiro atoms. The first kappa shape index (κ1) is 24.4. The van der Waals surface area contributed by atoms with Crippen LogP contribution in [0.3, 0.4) is 0 Å². The third-order valence-corrected chi connectivity index (χ3v) is 6.08. The highest BCUT2D eigenvalue weighted by molar-refractivity contribution is 7.99. The standard InChI is InChI=1S/C24H30N6O2S/c1-5-6-7-19-8-10-20(11-9-19)30-24(27-28-29-30)33-15-22(32)25-14-21(31)26-23-17(3)12-16(2)13-18(23)4/h8-13H,5-7,14-15H2,1-4H3,(H,25,32)(H,26,31). The van der Waals surface area contributed by atoms with Crippen molar-refractivity contribution in [2.45, 2.75) is 52.1 Å². The second-order valence-electron chi connectivity index (χ2n) is 8.03. The fraction of sp³-hybridized carbons (Fsp3) is 0.375. The van der Waals surface area contributed by atoms with Gasteiger partial charge in [-0.1, -0.05) is 54.9 Å². The second-order valence-corrected chi connectivity index (χ2v) is 8.97. The van der Waals surface area contributed by atoms with Crippen LogP contribution in [0.5, 0.6) is 0 Å². The average Bonchev–Trinajstić information content (AvgIpc) is 3.26. The zero-order valence-corrected chi connectivity index (χ0v) is 20.3. The van der Waals surface area contributed by atoms with Crippen molar-refractivity contribution >= 4 is 29.3 Å². The third-order valence-electron chi connectivity index (χ3n) is 5.16. The molecule has 0 atom stereocenters. The van der Waals surface area contributed by atoms with Crippen LogP contribution in [0.4, 0.5) is 5.69 Å². The van der Waals surface area contributed by atoms with Crippen molar-refractivity contribution in [3.05, 3.63) is 58.7 Å². The minimum absolute atomic E-state index is 0.101. The average molecular weight is 467 g/mol. The van der Waals surface area contributed by atoms with Crippen LogP contribution in [0.1, 0.15) is 42.0 Å². The molecule has 0 saturated carbocycles. The van der Waals surface area contributed by atoms with E-state index in [0.717, 1.165) is 47.3 Å². The zero-order valence-electron chi connectivity index (χ0n) is 19.5. The Kier molecular flexibility index (Phi) is 8.59. The summed E-state index contributed by atoms with van der Waals surface area (Å²) in [5.41, 5.74) is 6.03. The second kappa shape index (κ2) is 11.6. The van der Waals surface area contributed by atoms with Crippen molar-refractivity contribution in [2.75, 3.05) is 17.6 Å². The number of aromatic nitrogens is 4. The van der Waals surface area contributed by atoms with Crippen molar-refractivity contribution in [1.82, 2.24) is 25.5 Å². The van der Waals surface area contributed by atoms with E-state index in [9.17, 15) is 9.59 Å². The molecule has 0 unspecified atom stereocenters. The van der Waals surface area contributed by atoms with Gasteiger partial charge in [0.2, 0.25) is 17.0 Å². The fourth-order valence-corrected chi connectivity index (χ4v) is 4.26. The van der Waals surface area contributed by atoms with Crippen LogP contribution in [0.15, 0.2) is 41.6 Å². The Balaban J connectivity index is 1.50. The van der Waals surface area contributed by atoms with E-state index in [1.807, 2.05) is 45.0 Å². The Labute approximate surface area is 198 Å².